The zero-order chi connectivity index (χ0) is 23.1. The molecule has 9 nitrogen and oxygen atoms in total. The van der Waals surface area contributed by atoms with Crippen LogP contribution in [0.15, 0.2) is 48.5 Å². The van der Waals surface area contributed by atoms with Crippen LogP contribution in [0.4, 0.5) is 0 Å². The summed E-state index contributed by atoms with van der Waals surface area (Å²) in [6.07, 6.45) is 0. The number of hydrogen-bond acceptors (Lipinski definition) is 8. The Bertz CT molecular complexity index is 1130. The van der Waals surface area contributed by atoms with Crippen molar-refractivity contribution in [2.75, 3.05) is 20.8 Å². The average Bonchev–Trinajstić information content (AvgIpc) is 3.22. The van der Waals surface area contributed by atoms with Crippen molar-refractivity contribution in [2.45, 2.75) is 6.92 Å². The number of ether oxygens (including phenoxy) is 3. The van der Waals surface area contributed by atoms with Crippen LogP contribution in [0.5, 0.6) is 11.5 Å². The monoisotopic (exact) mass is 455 g/mol. The number of carbonyl (C=O) groups excluding carboxylic acids is 3. The van der Waals surface area contributed by atoms with Crippen LogP contribution in [-0.4, -0.2) is 43.6 Å². The fraction of sp³-hybridized carbons (Fsp3) is 0.182. The Morgan fingerprint density at radius 3 is 2.38 bits per heavy atom. The smallest absolute Gasteiger partial charge is 0.343 e. The van der Waals surface area contributed by atoms with Gasteiger partial charge in [-0.15, -0.1) is 11.3 Å². The molecule has 0 aliphatic heterocycles. The second kappa shape index (κ2) is 10.4. The first-order valence-corrected chi connectivity index (χ1v) is 10.3. The van der Waals surface area contributed by atoms with Gasteiger partial charge in [0.25, 0.3) is 11.8 Å². The summed E-state index contributed by atoms with van der Waals surface area (Å²) in [6, 6.07) is 13.9. The second-order valence-electron chi connectivity index (χ2n) is 6.44. The minimum absolute atomic E-state index is 0.221. The Hall–Kier alpha value is -3.92. The maximum atomic E-state index is 12.6. The molecule has 0 fully saturated rings. The topological polar surface area (TPSA) is 116 Å². The molecule has 1 heterocycles. The van der Waals surface area contributed by atoms with E-state index in [1.165, 1.54) is 43.8 Å². The molecule has 0 aliphatic carbocycles. The lowest BCUT2D eigenvalue weighted by atomic mass is 10.2. The standard InChI is InChI=1S/C22H21N3O6S/c1-13-19(32-22(23-13)14-7-5-4-6-8-14)21(28)25-24-20(27)15-9-10-16(17(11-15)29-2)31-12-18(26)30-3/h4-11H,12H2,1-3H3,(H,24,27)(H,25,28). The zero-order valence-electron chi connectivity index (χ0n) is 17.6. The lowest BCUT2D eigenvalue weighted by Crippen LogP contribution is -2.41. The number of hydrogen-bond donors (Lipinski definition) is 2. The van der Waals surface area contributed by atoms with Crippen LogP contribution in [-0.2, 0) is 9.53 Å². The zero-order valence-corrected chi connectivity index (χ0v) is 18.4. The molecule has 3 rings (SSSR count). The quantitative estimate of drug-likeness (QED) is 0.416. The Morgan fingerprint density at radius 1 is 0.969 bits per heavy atom. The first-order valence-electron chi connectivity index (χ1n) is 9.44. The van der Waals surface area contributed by atoms with Gasteiger partial charge < -0.3 is 14.2 Å². The number of nitrogens with zero attached hydrogens (tertiary/aromatic N) is 1. The Kier molecular flexibility index (Phi) is 7.40. The molecule has 32 heavy (non-hydrogen) atoms. The van der Waals surface area contributed by atoms with Crippen molar-refractivity contribution in [3.63, 3.8) is 0 Å². The largest absolute Gasteiger partial charge is 0.493 e. The van der Waals surface area contributed by atoms with Gasteiger partial charge in [-0.25, -0.2) is 9.78 Å². The van der Waals surface area contributed by atoms with Crippen LogP contribution in [0, 0.1) is 6.92 Å². The number of rotatable bonds is 7. The summed E-state index contributed by atoms with van der Waals surface area (Å²) in [6.45, 7) is 1.44. The summed E-state index contributed by atoms with van der Waals surface area (Å²) in [7, 11) is 2.65. The number of benzene rings is 2. The highest BCUT2D eigenvalue weighted by Crippen LogP contribution is 2.29. The first kappa shape index (κ1) is 22.8. The van der Waals surface area contributed by atoms with E-state index in [0.717, 1.165) is 5.56 Å². The summed E-state index contributed by atoms with van der Waals surface area (Å²) in [5, 5.41) is 0.715. The van der Waals surface area contributed by atoms with Crippen LogP contribution in [0.25, 0.3) is 10.6 Å². The minimum Gasteiger partial charge on any atom is -0.493 e. The van der Waals surface area contributed by atoms with Crippen LogP contribution in [0.1, 0.15) is 25.7 Å². The number of esters is 1. The molecule has 166 valence electrons. The van der Waals surface area contributed by atoms with Gasteiger partial charge in [0.15, 0.2) is 18.1 Å². The molecule has 10 heteroatoms. The molecule has 0 aliphatic rings. The van der Waals surface area contributed by atoms with Crippen LogP contribution < -0.4 is 20.3 Å². The number of methoxy groups -OCH3 is 2. The lowest BCUT2D eigenvalue weighted by Gasteiger charge is -2.12. The lowest BCUT2D eigenvalue weighted by molar-refractivity contribution is -0.142. The van der Waals surface area contributed by atoms with Crippen molar-refractivity contribution in [1.82, 2.24) is 15.8 Å². The van der Waals surface area contributed by atoms with Crippen LogP contribution in [0.2, 0.25) is 0 Å². The predicted molar refractivity (Wildman–Crippen MR) is 118 cm³/mol. The normalized spacial score (nSPS) is 10.2. The van der Waals surface area contributed by atoms with Gasteiger partial charge in [0.05, 0.1) is 19.9 Å². The molecule has 2 aromatic carbocycles. The van der Waals surface area contributed by atoms with Crippen molar-refractivity contribution >= 4 is 29.1 Å². The minimum atomic E-state index is -0.554. The maximum absolute atomic E-state index is 12.6. The molecule has 2 amide bonds. The van der Waals surface area contributed by atoms with Crippen molar-refractivity contribution in [2.24, 2.45) is 0 Å². The van der Waals surface area contributed by atoms with E-state index in [2.05, 4.69) is 20.6 Å². The van der Waals surface area contributed by atoms with E-state index in [1.54, 1.807) is 6.92 Å². The van der Waals surface area contributed by atoms with E-state index in [4.69, 9.17) is 9.47 Å². The SMILES string of the molecule is COC(=O)COc1ccc(C(=O)NNC(=O)c2sc(-c3ccccc3)nc2C)cc1OC. The fourth-order valence-electron chi connectivity index (χ4n) is 2.68. The third-order valence-electron chi connectivity index (χ3n) is 4.31. The highest BCUT2D eigenvalue weighted by atomic mass is 32.1. The van der Waals surface area contributed by atoms with Crippen LogP contribution >= 0.6 is 11.3 Å². The van der Waals surface area contributed by atoms with E-state index in [0.29, 0.717) is 15.6 Å². The summed E-state index contributed by atoms with van der Waals surface area (Å²) in [5.41, 5.74) is 6.47. The number of amides is 2. The van der Waals surface area contributed by atoms with Gasteiger partial charge in [0.2, 0.25) is 0 Å². The molecule has 0 bridgehead atoms. The number of thiazole rings is 1. The molecule has 3 aromatic rings. The van der Waals surface area contributed by atoms with E-state index in [-0.39, 0.29) is 23.7 Å². The third kappa shape index (κ3) is 5.41. The van der Waals surface area contributed by atoms with Gasteiger partial charge in [-0.1, -0.05) is 30.3 Å². The van der Waals surface area contributed by atoms with Crippen molar-refractivity contribution in [3.05, 3.63) is 64.7 Å². The highest BCUT2D eigenvalue weighted by Gasteiger charge is 2.18. The fourth-order valence-corrected chi connectivity index (χ4v) is 3.64. The molecule has 2 N–H and O–H groups in total. The third-order valence-corrected chi connectivity index (χ3v) is 5.52. The first-order chi connectivity index (χ1) is 15.4. The van der Waals surface area contributed by atoms with Crippen molar-refractivity contribution in [1.29, 1.82) is 0 Å². The second-order valence-corrected chi connectivity index (χ2v) is 7.44. The molecule has 0 saturated heterocycles. The molecular formula is C22H21N3O6S. The van der Waals surface area contributed by atoms with Gasteiger partial charge in [0, 0.05) is 11.1 Å². The van der Waals surface area contributed by atoms with E-state index < -0.39 is 17.8 Å². The van der Waals surface area contributed by atoms with Crippen molar-refractivity contribution in [3.8, 4) is 22.1 Å². The Labute approximate surface area is 188 Å². The highest BCUT2D eigenvalue weighted by molar-refractivity contribution is 7.17. The maximum Gasteiger partial charge on any atom is 0.343 e. The number of carbonyl (C=O) groups is 3. The van der Waals surface area contributed by atoms with E-state index in [1.807, 2.05) is 30.3 Å². The molecule has 0 spiro atoms. The summed E-state index contributed by atoms with van der Waals surface area (Å²) in [5.74, 6) is -1.06. The van der Waals surface area contributed by atoms with Gasteiger partial charge >= 0.3 is 5.97 Å². The average molecular weight is 455 g/mol. The summed E-state index contributed by atoms with van der Waals surface area (Å²) < 4.78 is 15.0. The van der Waals surface area contributed by atoms with E-state index >= 15 is 0 Å². The summed E-state index contributed by atoms with van der Waals surface area (Å²) >= 11 is 1.24. The number of aryl methyl sites for hydroxylation is 1. The predicted octanol–water partition coefficient (Wildman–Crippen LogP) is 2.75. The Morgan fingerprint density at radius 2 is 1.69 bits per heavy atom. The number of nitrogens with one attached hydrogen (secondary N) is 2. The van der Waals surface area contributed by atoms with Crippen LogP contribution in [0.3, 0.4) is 0 Å². The van der Waals surface area contributed by atoms with Gasteiger partial charge in [-0.3, -0.25) is 20.4 Å². The number of aromatic nitrogens is 1. The summed E-state index contributed by atoms with van der Waals surface area (Å²) in [4.78, 5) is 41.1. The molecule has 0 saturated carbocycles. The van der Waals surface area contributed by atoms with Gasteiger partial charge in [-0.2, -0.15) is 0 Å². The molecule has 1 aromatic heterocycles. The molecule has 0 atom stereocenters. The Balaban J connectivity index is 1.65. The molecule has 0 radical (unpaired) electrons. The number of hydrazine groups is 1. The van der Waals surface area contributed by atoms with Gasteiger partial charge in [-0.05, 0) is 25.1 Å². The van der Waals surface area contributed by atoms with Gasteiger partial charge in [0.1, 0.15) is 9.88 Å². The van der Waals surface area contributed by atoms with Crippen molar-refractivity contribution < 1.29 is 28.6 Å². The molecule has 0 unspecified atom stereocenters. The van der Waals surface area contributed by atoms with E-state index in [9.17, 15) is 14.4 Å². The molecular weight excluding hydrogens is 434 g/mol.